The van der Waals surface area contributed by atoms with Gasteiger partial charge in [0.05, 0.1) is 18.7 Å². The first kappa shape index (κ1) is 15.5. The van der Waals surface area contributed by atoms with Gasteiger partial charge in [-0.05, 0) is 25.8 Å². The molecule has 122 valence electrons. The molecule has 1 fully saturated rings. The fourth-order valence-electron chi connectivity index (χ4n) is 2.95. The Labute approximate surface area is 135 Å². The smallest absolute Gasteiger partial charge is 0.225 e. The van der Waals surface area contributed by atoms with Crippen LogP contribution in [-0.2, 0) is 11.3 Å². The molecule has 2 aromatic rings. The molecule has 0 saturated carbocycles. The lowest BCUT2D eigenvalue weighted by atomic mass is 9.97. The number of piperidine rings is 1. The third-order valence-corrected chi connectivity index (χ3v) is 4.07. The Hall–Kier alpha value is -2.44. The van der Waals surface area contributed by atoms with E-state index in [2.05, 4.69) is 25.3 Å². The van der Waals surface area contributed by atoms with Crippen molar-refractivity contribution in [1.82, 2.24) is 25.1 Å². The molecule has 2 aromatic heterocycles. The van der Waals surface area contributed by atoms with Crippen LogP contribution in [0.5, 0.6) is 0 Å². The van der Waals surface area contributed by atoms with Gasteiger partial charge < -0.3 is 10.2 Å². The summed E-state index contributed by atoms with van der Waals surface area (Å²) < 4.78 is 1.83. The molecule has 0 radical (unpaired) electrons. The summed E-state index contributed by atoms with van der Waals surface area (Å²) in [7, 11) is 0. The summed E-state index contributed by atoms with van der Waals surface area (Å²) in [5.74, 6) is 0.943. The van der Waals surface area contributed by atoms with Crippen LogP contribution in [0.3, 0.4) is 0 Å². The maximum absolute atomic E-state index is 12.5. The van der Waals surface area contributed by atoms with E-state index in [1.807, 2.05) is 23.9 Å². The number of aromatic nitrogens is 4. The van der Waals surface area contributed by atoms with E-state index in [0.29, 0.717) is 13.1 Å². The summed E-state index contributed by atoms with van der Waals surface area (Å²) in [6.07, 6.45) is 10.6. The maximum Gasteiger partial charge on any atom is 0.225 e. The fourth-order valence-corrected chi connectivity index (χ4v) is 2.95. The fraction of sp³-hybridized carbons (Fsp3) is 0.500. The predicted octanol–water partition coefficient (Wildman–Crippen LogP) is 1.09. The Balaban J connectivity index is 1.54. The van der Waals surface area contributed by atoms with Crippen LogP contribution in [0, 0.1) is 5.92 Å². The van der Waals surface area contributed by atoms with Crippen molar-refractivity contribution in [2.24, 2.45) is 5.92 Å². The summed E-state index contributed by atoms with van der Waals surface area (Å²) in [6.45, 7) is 4.30. The second-order valence-electron chi connectivity index (χ2n) is 5.99. The van der Waals surface area contributed by atoms with E-state index in [1.54, 1.807) is 24.8 Å². The molecule has 1 aliphatic heterocycles. The van der Waals surface area contributed by atoms with Gasteiger partial charge in [-0.25, -0.2) is 4.98 Å². The zero-order valence-corrected chi connectivity index (χ0v) is 13.3. The van der Waals surface area contributed by atoms with Crippen LogP contribution in [0.4, 0.5) is 5.82 Å². The second-order valence-corrected chi connectivity index (χ2v) is 5.99. The van der Waals surface area contributed by atoms with Crippen LogP contribution in [0.15, 0.2) is 37.1 Å². The first-order valence-corrected chi connectivity index (χ1v) is 8.01. The Morgan fingerprint density at radius 1 is 1.43 bits per heavy atom. The molecule has 0 aromatic carbocycles. The Morgan fingerprint density at radius 2 is 2.35 bits per heavy atom. The monoisotopic (exact) mass is 314 g/mol. The highest BCUT2D eigenvalue weighted by Gasteiger charge is 2.27. The molecule has 1 N–H and O–H groups in total. The predicted molar refractivity (Wildman–Crippen MR) is 86.8 cm³/mol. The Kier molecular flexibility index (Phi) is 4.85. The molecule has 1 saturated heterocycles. The standard InChI is InChI=1S/C16H22N6O/c1-13(11-22-9-3-5-19-22)20-16(23)14-4-2-8-21(12-14)15-10-17-6-7-18-15/h3,5-7,9-10,13-14H,2,4,8,11-12H2,1H3,(H,20,23)/t13-,14+/m1/s1. The summed E-state index contributed by atoms with van der Waals surface area (Å²) >= 11 is 0. The van der Waals surface area contributed by atoms with E-state index in [9.17, 15) is 4.79 Å². The highest BCUT2D eigenvalue weighted by atomic mass is 16.2. The van der Waals surface area contributed by atoms with Gasteiger partial charge in [0, 0.05) is 43.9 Å². The van der Waals surface area contributed by atoms with Crippen LogP contribution in [0.2, 0.25) is 0 Å². The second kappa shape index (κ2) is 7.21. The van der Waals surface area contributed by atoms with Crippen LogP contribution < -0.4 is 10.2 Å². The van der Waals surface area contributed by atoms with Crippen molar-refractivity contribution in [2.75, 3.05) is 18.0 Å². The number of hydrogen-bond acceptors (Lipinski definition) is 5. The number of nitrogens with one attached hydrogen (secondary N) is 1. The Bertz CT molecular complexity index is 615. The van der Waals surface area contributed by atoms with Gasteiger partial charge in [0.25, 0.3) is 0 Å². The quantitative estimate of drug-likeness (QED) is 0.894. The molecule has 2 atom stereocenters. The zero-order valence-electron chi connectivity index (χ0n) is 13.3. The third-order valence-electron chi connectivity index (χ3n) is 4.07. The summed E-state index contributed by atoms with van der Waals surface area (Å²) in [4.78, 5) is 23.1. The van der Waals surface area contributed by atoms with Crippen molar-refractivity contribution in [2.45, 2.75) is 32.4 Å². The van der Waals surface area contributed by atoms with Gasteiger partial charge in [-0.2, -0.15) is 5.10 Å². The lowest BCUT2D eigenvalue weighted by molar-refractivity contribution is -0.125. The van der Waals surface area contributed by atoms with Crippen LogP contribution in [-0.4, -0.2) is 44.8 Å². The van der Waals surface area contributed by atoms with E-state index in [4.69, 9.17) is 0 Å². The lowest BCUT2D eigenvalue weighted by Crippen LogP contribution is -2.46. The molecule has 7 heteroatoms. The number of carbonyl (C=O) groups is 1. The molecule has 3 heterocycles. The summed E-state index contributed by atoms with van der Waals surface area (Å²) in [5, 5.41) is 7.27. The number of hydrogen-bond donors (Lipinski definition) is 1. The molecular weight excluding hydrogens is 292 g/mol. The highest BCUT2D eigenvalue weighted by Crippen LogP contribution is 2.21. The van der Waals surface area contributed by atoms with Crippen molar-refractivity contribution < 1.29 is 4.79 Å². The summed E-state index contributed by atoms with van der Waals surface area (Å²) in [6, 6.07) is 1.93. The van der Waals surface area contributed by atoms with Gasteiger partial charge in [0.2, 0.25) is 5.91 Å². The number of carbonyl (C=O) groups excluding carboxylic acids is 1. The van der Waals surface area contributed by atoms with Crippen molar-refractivity contribution in [3.8, 4) is 0 Å². The minimum Gasteiger partial charge on any atom is -0.355 e. The highest BCUT2D eigenvalue weighted by molar-refractivity contribution is 5.79. The molecule has 0 bridgehead atoms. The third kappa shape index (κ3) is 4.06. The van der Waals surface area contributed by atoms with Gasteiger partial charge >= 0.3 is 0 Å². The van der Waals surface area contributed by atoms with Gasteiger partial charge in [-0.3, -0.25) is 14.5 Å². The van der Waals surface area contributed by atoms with Gasteiger partial charge in [0.1, 0.15) is 5.82 Å². The molecule has 23 heavy (non-hydrogen) atoms. The van der Waals surface area contributed by atoms with Crippen molar-refractivity contribution >= 4 is 11.7 Å². The number of rotatable bonds is 5. The minimum absolute atomic E-state index is 0.00849. The number of anilines is 1. The largest absolute Gasteiger partial charge is 0.355 e. The van der Waals surface area contributed by atoms with E-state index in [-0.39, 0.29) is 17.9 Å². The SMILES string of the molecule is C[C@H](Cn1cccn1)NC(=O)[C@H]1CCCN(c2cnccn2)C1. The van der Waals surface area contributed by atoms with E-state index in [1.165, 1.54) is 0 Å². The molecular formula is C16H22N6O. The topological polar surface area (TPSA) is 75.9 Å². The van der Waals surface area contributed by atoms with Crippen LogP contribution in [0.25, 0.3) is 0 Å². The molecule has 1 amide bonds. The Morgan fingerprint density at radius 3 is 3.09 bits per heavy atom. The first-order chi connectivity index (χ1) is 11.2. The average molecular weight is 314 g/mol. The van der Waals surface area contributed by atoms with Crippen molar-refractivity contribution in [3.63, 3.8) is 0 Å². The first-order valence-electron chi connectivity index (χ1n) is 8.01. The van der Waals surface area contributed by atoms with Crippen LogP contribution >= 0.6 is 0 Å². The van der Waals surface area contributed by atoms with Gasteiger partial charge in [-0.1, -0.05) is 0 Å². The zero-order chi connectivity index (χ0) is 16.1. The normalized spacial score (nSPS) is 19.3. The number of amides is 1. The van der Waals surface area contributed by atoms with Gasteiger partial charge in [0.15, 0.2) is 0 Å². The number of nitrogens with zero attached hydrogens (tertiary/aromatic N) is 5. The molecule has 1 aliphatic rings. The lowest BCUT2D eigenvalue weighted by Gasteiger charge is -2.33. The van der Waals surface area contributed by atoms with Crippen molar-refractivity contribution in [1.29, 1.82) is 0 Å². The summed E-state index contributed by atoms with van der Waals surface area (Å²) in [5.41, 5.74) is 0. The van der Waals surface area contributed by atoms with Gasteiger partial charge in [-0.15, -0.1) is 0 Å². The van der Waals surface area contributed by atoms with E-state index < -0.39 is 0 Å². The van der Waals surface area contributed by atoms with E-state index >= 15 is 0 Å². The average Bonchev–Trinajstić information content (AvgIpc) is 3.08. The molecule has 7 nitrogen and oxygen atoms in total. The molecule has 0 unspecified atom stereocenters. The molecule has 0 aliphatic carbocycles. The molecule has 0 spiro atoms. The molecule has 3 rings (SSSR count). The van der Waals surface area contributed by atoms with Crippen LogP contribution in [0.1, 0.15) is 19.8 Å². The minimum atomic E-state index is -0.00849. The maximum atomic E-state index is 12.5. The van der Waals surface area contributed by atoms with Crippen molar-refractivity contribution in [3.05, 3.63) is 37.1 Å². The van der Waals surface area contributed by atoms with E-state index in [0.717, 1.165) is 25.2 Å².